The second-order valence-electron chi connectivity index (χ2n) is 6.94. The normalized spacial score (nSPS) is 14.0. The van der Waals surface area contributed by atoms with Crippen molar-refractivity contribution in [2.75, 3.05) is 22.5 Å². The van der Waals surface area contributed by atoms with Crippen LogP contribution in [0.15, 0.2) is 76.0 Å². The summed E-state index contributed by atoms with van der Waals surface area (Å²) in [6.45, 7) is 0.217. The number of nitro groups is 1. The zero-order chi connectivity index (χ0) is 23.6. The molecule has 0 aliphatic carbocycles. The van der Waals surface area contributed by atoms with Gasteiger partial charge in [-0.15, -0.1) is 4.40 Å². The van der Waals surface area contributed by atoms with Crippen molar-refractivity contribution in [2.24, 2.45) is 4.40 Å². The molecule has 10 nitrogen and oxygen atoms in total. The summed E-state index contributed by atoms with van der Waals surface area (Å²) in [6, 6.07) is 16.2. The Morgan fingerprint density at radius 2 is 1.76 bits per heavy atom. The van der Waals surface area contributed by atoms with Crippen molar-refractivity contribution in [1.29, 1.82) is 0 Å². The van der Waals surface area contributed by atoms with Crippen LogP contribution >= 0.6 is 11.6 Å². The van der Waals surface area contributed by atoms with Crippen molar-refractivity contribution in [2.45, 2.75) is 4.90 Å². The second kappa shape index (κ2) is 8.88. The van der Waals surface area contributed by atoms with Gasteiger partial charge in [0.05, 0.1) is 38.3 Å². The molecular formula is C21H16ClN5O5S. The summed E-state index contributed by atoms with van der Waals surface area (Å²) in [6.07, 6.45) is 0. The lowest BCUT2D eigenvalue weighted by Gasteiger charge is -2.21. The summed E-state index contributed by atoms with van der Waals surface area (Å²) in [5.41, 5.74) is 1.48. The highest BCUT2D eigenvalue weighted by atomic mass is 35.5. The van der Waals surface area contributed by atoms with Crippen LogP contribution in [0.4, 0.5) is 22.7 Å². The van der Waals surface area contributed by atoms with Gasteiger partial charge in [-0.3, -0.25) is 14.9 Å². The van der Waals surface area contributed by atoms with E-state index >= 15 is 0 Å². The number of nitrogens with one attached hydrogen (secondary N) is 3. The largest absolute Gasteiger partial charge is 0.376 e. The Morgan fingerprint density at radius 1 is 1.06 bits per heavy atom. The van der Waals surface area contributed by atoms with Gasteiger partial charge in [-0.1, -0.05) is 23.7 Å². The monoisotopic (exact) mass is 485 g/mol. The first-order chi connectivity index (χ1) is 15.7. The molecule has 0 atom stereocenters. The number of hydrogen-bond donors (Lipinski definition) is 3. The maximum Gasteiger partial charge on any atom is 0.284 e. The van der Waals surface area contributed by atoms with E-state index in [4.69, 9.17) is 11.6 Å². The van der Waals surface area contributed by atoms with Crippen molar-refractivity contribution < 1.29 is 18.1 Å². The number of rotatable bonds is 5. The van der Waals surface area contributed by atoms with Gasteiger partial charge in [0.25, 0.3) is 21.6 Å². The molecule has 4 rings (SSSR count). The Bertz CT molecular complexity index is 1390. The predicted octanol–water partition coefficient (Wildman–Crippen LogP) is 4.13. The quantitative estimate of drug-likeness (QED) is 0.364. The molecular weight excluding hydrogens is 470 g/mol. The lowest BCUT2D eigenvalue weighted by Crippen LogP contribution is -2.28. The zero-order valence-corrected chi connectivity index (χ0v) is 18.4. The lowest BCUT2D eigenvalue weighted by atomic mass is 10.2. The summed E-state index contributed by atoms with van der Waals surface area (Å²) in [5.74, 6) is -0.429. The summed E-state index contributed by atoms with van der Waals surface area (Å²) in [4.78, 5) is 22.7. The molecule has 168 valence electrons. The van der Waals surface area contributed by atoms with Gasteiger partial charge < -0.3 is 16.0 Å². The minimum atomic E-state index is -4.01. The van der Waals surface area contributed by atoms with Gasteiger partial charge in [-0.2, -0.15) is 8.42 Å². The molecule has 1 aliphatic rings. The van der Waals surface area contributed by atoms with E-state index < -0.39 is 20.9 Å². The minimum Gasteiger partial charge on any atom is -0.376 e. The average Bonchev–Trinajstić information content (AvgIpc) is 2.79. The summed E-state index contributed by atoms with van der Waals surface area (Å²) in [7, 11) is -4.01. The topological polar surface area (TPSA) is 143 Å². The summed E-state index contributed by atoms with van der Waals surface area (Å²) < 4.78 is 29.2. The molecule has 1 heterocycles. The minimum absolute atomic E-state index is 0.0447. The summed E-state index contributed by atoms with van der Waals surface area (Å²) >= 11 is 5.98. The van der Waals surface area contributed by atoms with Crippen molar-refractivity contribution >= 4 is 56.1 Å². The third kappa shape index (κ3) is 4.94. The van der Waals surface area contributed by atoms with Crippen LogP contribution in [-0.2, 0) is 10.0 Å². The fourth-order valence-electron chi connectivity index (χ4n) is 3.09. The van der Waals surface area contributed by atoms with Crippen LogP contribution in [0.2, 0.25) is 5.02 Å². The van der Waals surface area contributed by atoms with Crippen LogP contribution < -0.4 is 16.0 Å². The fourth-order valence-corrected chi connectivity index (χ4v) is 4.28. The molecule has 0 spiro atoms. The molecule has 12 heteroatoms. The van der Waals surface area contributed by atoms with E-state index in [9.17, 15) is 23.3 Å². The molecule has 0 aromatic heterocycles. The number of carbonyl (C=O) groups excluding carboxylic acids is 1. The Balaban J connectivity index is 1.50. The van der Waals surface area contributed by atoms with Gasteiger partial charge >= 0.3 is 0 Å². The molecule has 1 aliphatic heterocycles. The number of amides is 1. The van der Waals surface area contributed by atoms with Gasteiger partial charge in [-0.25, -0.2) is 0 Å². The molecule has 0 bridgehead atoms. The smallest absolute Gasteiger partial charge is 0.284 e. The molecule has 0 fully saturated rings. The first-order valence-corrected chi connectivity index (χ1v) is 11.3. The highest BCUT2D eigenvalue weighted by Crippen LogP contribution is 2.26. The number of nitrogens with zero attached hydrogens (tertiary/aromatic N) is 2. The van der Waals surface area contributed by atoms with E-state index in [-0.39, 0.29) is 39.2 Å². The number of halogens is 1. The number of sulfonamides is 1. The predicted molar refractivity (Wildman–Crippen MR) is 126 cm³/mol. The number of para-hydroxylation sites is 2. The van der Waals surface area contributed by atoms with Crippen molar-refractivity contribution in [3.05, 3.63) is 87.4 Å². The highest BCUT2D eigenvalue weighted by Gasteiger charge is 2.19. The number of carbonyl (C=O) groups is 1. The molecule has 0 saturated heterocycles. The summed E-state index contributed by atoms with van der Waals surface area (Å²) in [5, 5.41) is 19.6. The van der Waals surface area contributed by atoms with Crippen molar-refractivity contribution in [3.63, 3.8) is 0 Å². The van der Waals surface area contributed by atoms with Crippen LogP contribution in [0.3, 0.4) is 0 Å². The SMILES string of the molecule is O=C(Nc1ccc(S(=O)(=O)N=C2CNc3ccccc3N2)cc1)c1cc([N+](=O)[O-])ccc1Cl. The van der Waals surface area contributed by atoms with Crippen molar-refractivity contribution in [3.8, 4) is 0 Å². The number of non-ortho nitro benzene ring substituents is 1. The van der Waals surface area contributed by atoms with E-state index in [2.05, 4.69) is 20.3 Å². The van der Waals surface area contributed by atoms with Gasteiger partial charge in [0.2, 0.25) is 0 Å². The van der Waals surface area contributed by atoms with Gasteiger partial charge in [0.1, 0.15) is 5.84 Å². The molecule has 0 saturated carbocycles. The Kier molecular flexibility index (Phi) is 5.99. The van der Waals surface area contributed by atoms with E-state index in [1.165, 1.54) is 36.4 Å². The highest BCUT2D eigenvalue weighted by molar-refractivity contribution is 7.90. The molecule has 3 aromatic rings. The number of benzene rings is 3. The van der Waals surface area contributed by atoms with Gasteiger partial charge in [-0.05, 0) is 42.5 Å². The number of anilines is 3. The van der Waals surface area contributed by atoms with Crippen LogP contribution in [0.25, 0.3) is 0 Å². The van der Waals surface area contributed by atoms with E-state index in [0.717, 1.165) is 17.4 Å². The second-order valence-corrected chi connectivity index (χ2v) is 8.95. The maximum atomic E-state index is 12.7. The third-order valence-electron chi connectivity index (χ3n) is 4.70. The molecule has 0 unspecified atom stereocenters. The number of amidine groups is 1. The van der Waals surface area contributed by atoms with Crippen LogP contribution in [0.5, 0.6) is 0 Å². The first-order valence-electron chi connectivity index (χ1n) is 9.52. The van der Waals surface area contributed by atoms with E-state index in [1.54, 1.807) is 6.07 Å². The number of hydrogen-bond acceptors (Lipinski definition) is 6. The molecule has 0 radical (unpaired) electrons. The molecule has 1 amide bonds. The fraction of sp³-hybridized carbons (Fsp3) is 0.0476. The van der Waals surface area contributed by atoms with Gasteiger partial charge in [0.15, 0.2) is 0 Å². The zero-order valence-electron chi connectivity index (χ0n) is 16.8. The third-order valence-corrected chi connectivity index (χ3v) is 6.36. The number of fused-ring (bicyclic) bond motifs is 1. The molecule has 3 aromatic carbocycles. The van der Waals surface area contributed by atoms with E-state index in [1.807, 2.05) is 18.2 Å². The Morgan fingerprint density at radius 3 is 2.45 bits per heavy atom. The van der Waals surface area contributed by atoms with Gasteiger partial charge in [0, 0.05) is 17.8 Å². The number of nitro benzene ring substituents is 1. The molecule has 33 heavy (non-hydrogen) atoms. The van der Waals surface area contributed by atoms with Crippen LogP contribution in [-0.4, -0.2) is 31.6 Å². The maximum absolute atomic E-state index is 12.7. The Labute approximate surface area is 193 Å². The van der Waals surface area contributed by atoms with E-state index in [0.29, 0.717) is 0 Å². The Hall–Kier alpha value is -3.96. The molecule has 3 N–H and O–H groups in total. The van der Waals surface area contributed by atoms with Crippen molar-refractivity contribution in [1.82, 2.24) is 0 Å². The standard InChI is InChI=1S/C21H16ClN5O5S/c22-17-10-7-14(27(29)30)11-16(17)21(28)24-13-5-8-15(9-6-13)33(31,32)26-20-12-23-18-3-1-2-4-19(18)25-20/h1-11,23H,12H2,(H,24,28)(H,25,26). The van der Waals surface area contributed by atoms with Crippen LogP contribution in [0, 0.1) is 10.1 Å². The first kappa shape index (κ1) is 22.2. The lowest BCUT2D eigenvalue weighted by molar-refractivity contribution is -0.384. The average molecular weight is 486 g/mol. The van der Waals surface area contributed by atoms with Crippen LogP contribution in [0.1, 0.15) is 10.4 Å².